The Morgan fingerprint density at radius 3 is 2.28 bits per heavy atom. The molecule has 0 fully saturated rings. The third-order valence-corrected chi connectivity index (χ3v) is 4.24. The number of nitrogens with two attached hydrogens (primary N) is 1. The molecule has 0 radical (unpaired) electrons. The highest BCUT2D eigenvalue weighted by atomic mass is 16.5. The van der Waals surface area contributed by atoms with E-state index in [2.05, 4.69) is 0 Å². The molecule has 2 aromatic carbocycles. The Morgan fingerprint density at radius 2 is 1.68 bits per heavy atom. The lowest BCUT2D eigenvalue weighted by atomic mass is 9.94. The number of benzene rings is 2. The average molecular weight is 342 g/mol. The molecule has 0 aromatic heterocycles. The zero-order valence-corrected chi connectivity index (χ0v) is 15.0. The van der Waals surface area contributed by atoms with Gasteiger partial charge in [-0.1, -0.05) is 37.3 Å². The molecule has 0 heterocycles. The van der Waals surface area contributed by atoms with Gasteiger partial charge in [-0.25, -0.2) is 0 Å². The minimum atomic E-state index is -0.321. The normalized spacial score (nSPS) is 13.0. The van der Waals surface area contributed by atoms with Crippen molar-refractivity contribution >= 4 is 5.91 Å². The highest BCUT2D eigenvalue weighted by Gasteiger charge is 2.24. The van der Waals surface area contributed by atoms with Gasteiger partial charge in [-0.15, -0.1) is 0 Å². The average Bonchev–Trinajstić information content (AvgIpc) is 2.67. The van der Waals surface area contributed by atoms with E-state index >= 15 is 0 Å². The van der Waals surface area contributed by atoms with Crippen LogP contribution in [0.2, 0.25) is 0 Å². The number of hydrogen-bond acceptors (Lipinski definition) is 4. The van der Waals surface area contributed by atoms with Crippen LogP contribution in [0.25, 0.3) is 0 Å². The highest BCUT2D eigenvalue weighted by molar-refractivity contribution is 5.79. The molecular formula is C20H26N2O3. The van der Waals surface area contributed by atoms with Gasteiger partial charge in [-0.2, -0.15) is 0 Å². The first kappa shape index (κ1) is 18.8. The minimum Gasteiger partial charge on any atom is -0.497 e. The molecule has 2 aromatic rings. The van der Waals surface area contributed by atoms with Crippen LogP contribution in [0.1, 0.15) is 18.5 Å². The van der Waals surface area contributed by atoms with Crippen LogP contribution >= 0.6 is 0 Å². The number of ether oxygens (including phenoxy) is 2. The molecule has 0 spiro atoms. The van der Waals surface area contributed by atoms with Crippen LogP contribution in [0.3, 0.4) is 0 Å². The number of methoxy groups -OCH3 is 1. The smallest absolute Gasteiger partial charge is 0.227 e. The molecule has 0 aliphatic rings. The molecule has 0 aliphatic heterocycles. The van der Waals surface area contributed by atoms with E-state index in [4.69, 9.17) is 15.2 Å². The molecule has 0 saturated heterocycles. The van der Waals surface area contributed by atoms with Crippen LogP contribution in [-0.4, -0.2) is 38.1 Å². The summed E-state index contributed by atoms with van der Waals surface area (Å²) in [5, 5.41) is 0. The Morgan fingerprint density at radius 1 is 1.08 bits per heavy atom. The van der Waals surface area contributed by atoms with E-state index in [0.717, 1.165) is 17.1 Å². The van der Waals surface area contributed by atoms with Gasteiger partial charge < -0.3 is 20.1 Å². The molecule has 2 rings (SSSR count). The van der Waals surface area contributed by atoms with E-state index in [9.17, 15) is 4.79 Å². The van der Waals surface area contributed by atoms with E-state index in [-0.39, 0.29) is 17.9 Å². The number of hydrogen-bond donors (Lipinski definition) is 1. The zero-order valence-electron chi connectivity index (χ0n) is 15.0. The maximum Gasteiger partial charge on any atom is 0.227 e. The molecule has 0 aliphatic carbocycles. The van der Waals surface area contributed by atoms with Gasteiger partial charge in [-0.3, -0.25) is 4.79 Å². The van der Waals surface area contributed by atoms with Crippen LogP contribution in [0.4, 0.5) is 0 Å². The van der Waals surface area contributed by atoms with Crippen molar-refractivity contribution in [3.63, 3.8) is 0 Å². The van der Waals surface area contributed by atoms with Crippen LogP contribution in [-0.2, 0) is 4.79 Å². The topological polar surface area (TPSA) is 64.8 Å². The van der Waals surface area contributed by atoms with Crippen molar-refractivity contribution in [2.24, 2.45) is 11.7 Å². The molecular weight excluding hydrogens is 316 g/mol. The summed E-state index contributed by atoms with van der Waals surface area (Å²) in [6.07, 6.45) is 0. The highest BCUT2D eigenvalue weighted by Crippen LogP contribution is 2.21. The van der Waals surface area contributed by atoms with Crippen LogP contribution < -0.4 is 15.2 Å². The van der Waals surface area contributed by atoms with Crippen molar-refractivity contribution in [2.75, 3.05) is 27.3 Å². The number of rotatable bonds is 8. The third-order valence-electron chi connectivity index (χ3n) is 4.24. The summed E-state index contributed by atoms with van der Waals surface area (Å²) in [6, 6.07) is 16.7. The molecule has 134 valence electrons. The van der Waals surface area contributed by atoms with Crippen molar-refractivity contribution in [1.29, 1.82) is 0 Å². The molecule has 25 heavy (non-hydrogen) atoms. The van der Waals surface area contributed by atoms with Gasteiger partial charge in [0.15, 0.2) is 0 Å². The van der Waals surface area contributed by atoms with Gasteiger partial charge in [0.05, 0.1) is 19.6 Å². The molecule has 2 atom stereocenters. The largest absolute Gasteiger partial charge is 0.497 e. The standard InChI is InChI=1S/C20H26N2O3/c1-15(19(21)16-7-5-4-6-8-16)20(23)22(2)13-14-25-18-11-9-17(24-3)10-12-18/h4-12,15,19H,13-14,21H2,1-3H3. The van der Waals surface area contributed by atoms with E-state index < -0.39 is 0 Å². The minimum absolute atomic E-state index is 0.00897. The summed E-state index contributed by atoms with van der Waals surface area (Å²) >= 11 is 0. The van der Waals surface area contributed by atoms with Crippen LogP contribution in [0.15, 0.2) is 54.6 Å². The molecule has 5 nitrogen and oxygen atoms in total. The second kappa shape index (κ2) is 9.08. The van der Waals surface area contributed by atoms with E-state index in [1.807, 2.05) is 61.5 Å². The lowest BCUT2D eigenvalue weighted by Crippen LogP contribution is -2.39. The summed E-state index contributed by atoms with van der Waals surface area (Å²) in [5.74, 6) is 1.24. The fraction of sp³-hybridized carbons (Fsp3) is 0.350. The maximum atomic E-state index is 12.6. The Bertz CT molecular complexity index is 658. The van der Waals surface area contributed by atoms with Crippen molar-refractivity contribution in [3.8, 4) is 11.5 Å². The molecule has 0 saturated carbocycles. The first-order valence-electron chi connectivity index (χ1n) is 8.35. The number of carbonyl (C=O) groups is 1. The Balaban J connectivity index is 1.82. The van der Waals surface area contributed by atoms with Gasteiger partial charge in [-0.05, 0) is 29.8 Å². The second-order valence-corrected chi connectivity index (χ2v) is 6.01. The lowest BCUT2D eigenvalue weighted by molar-refractivity contribution is -0.134. The summed E-state index contributed by atoms with van der Waals surface area (Å²) in [5.41, 5.74) is 7.20. The summed E-state index contributed by atoms with van der Waals surface area (Å²) in [6.45, 7) is 2.78. The molecule has 2 unspecified atom stereocenters. The number of carbonyl (C=O) groups excluding carboxylic acids is 1. The first-order valence-corrected chi connectivity index (χ1v) is 8.35. The van der Waals surface area contributed by atoms with Crippen LogP contribution in [0, 0.1) is 5.92 Å². The molecule has 1 amide bonds. The molecule has 0 bridgehead atoms. The predicted molar refractivity (Wildman–Crippen MR) is 98.7 cm³/mol. The number of amides is 1. The van der Waals surface area contributed by atoms with Crippen molar-refractivity contribution < 1.29 is 14.3 Å². The summed E-state index contributed by atoms with van der Waals surface area (Å²) in [7, 11) is 3.39. The quantitative estimate of drug-likeness (QED) is 0.801. The lowest BCUT2D eigenvalue weighted by Gasteiger charge is -2.25. The number of likely N-dealkylation sites (N-methyl/N-ethyl adjacent to an activating group) is 1. The van der Waals surface area contributed by atoms with E-state index in [0.29, 0.717) is 13.2 Å². The maximum absolute atomic E-state index is 12.6. The third kappa shape index (κ3) is 5.22. The Labute approximate surface area is 149 Å². The SMILES string of the molecule is COc1ccc(OCCN(C)C(=O)C(C)C(N)c2ccccc2)cc1. The fourth-order valence-corrected chi connectivity index (χ4v) is 2.55. The monoisotopic (exact) mass is 342 g/mol. The van der Waals surface area contributed by atoms with E-state index in [1.54, 1.807) is 19.1 Å². The van der Waals surface area contributed by atoms with E-state index in [1.165, 1.54) is 0 Å². The van der Waals surface area contributed by atoms with Gasteiger partial charge in [0, 0.05) is 13.1 Å². The Kier molecular flexibility index (Phi) is 6.83. The fourth-order valence-electron chi connectivity index (χ4n) is 2.55. The van der Waals surface area contributed by atoms with Crippen LogP contribution in [0.5, 0.6) is 11.5 Å². The van der Waals surface area contributed by atoms with Gasteiger partial charge in [0.1, 0.15) is 18.1 Å². The first-order chi connectivity index (χ1) is 12.0. The van der Waals surface area contributed by atoms with Gasteiger partial charge >= 0.3 is 0 Å². The number of nitrogens with zero attached hydrogens (tertiary/aromatic N) is 1. The molecule has 2 N–H and O–H groups in total. The van der Waals surface area contributed by atoms with Gasteiger partial charge in [0.25, 0.3) is 0 Å². The summed E-state index contributed by atoms with van der Waals surface area (Å²) in [4.78, 5) is 14.2. The van der Waals surface area contributed by atoms with Crippen molar-refractivity contribution in [3.05, 3.63) is 60.2 Å². The summed E-state index contributed by atoms with van der Waals surface area (Å²) < 4.78 is 10.8. The molecule has 5 heteroatoms. The predicted octanol–water partition coefficient (Wildman–Crippen LogP) is 2.87. The van der Waals surface area contributed by atoms with Crippen molar-refractivity contribution in [2.45, 2.75) is 13.0 Å². The second-order valence-electron chi connectivity index (χ2n) is 6.01. The Hall–Kier alpha value is -2.53. The van der Waals surface area contributed by atoms with Gasteiger partial charge in [0.2, 0.25) is 5.91 Å². The zero-order chi connectivity index (χ0) is 18.2. The van der Waals surface area contributed by atoms with Crippen molar-refractivity contribution in [1.82, 2.24) is 4.90 Å².